The van der Waals surface area contributed by atoms with Gasteiger partial charge in [0.25, 0.3) is 0 Å². The molecule has 1 atom stereocenters. The molecule has 0 saturated carbocycles. The second-order valence-electron chi connectivity index (χ2n) is 4.41. The summed E-state index contributed by atoms with van der Waals surface area (Å²) in [5.74, 6) is 0. The van der Waals surface area contributed by atoms with E-state index in [4.69, 9.17) is 0 Å². The normalized spacial score (nSPS) is 17.1. The molecular weight excluding hydrogens is 150 g/mol. The van der Waals surface area contributed by atoms with E-state index in [0.717, 1.165) is 19.3 Å². The number of hydrogen-bond donors (Lipinski definition) is 1. The van der Waals surface area contributed by atoms with Crippen LogP contribution in [-0.4, -0.2) is 36.5 Å². The minimum Gasteiger partial charge on any atom is -0.343 e. The van der Waals surface area contributed by atoms with Crippen LogP contribution in [0, 0.1) is 0 Å². The molecule has 0 saturated heterocycles. The van der Waals surface area contributed by atoms with Crippen LogP contribution in [0.5, 0.6) is 0 Å². The number of allylic oxidation sites excluding steroid dienone is 1. The van der Waals surface area contributed by atoms with Crippen molar-refractivity contribution in [3.63, 3.8) is 0 Å². The molecule has 0 aromatic rings. The minimum atomic E-state index is -0.622. The van der Waals surface area contributed by atoms with E-state index < -0.39 is 5.72 Å². The Morgan fingerprint density at radius 1 is 1.42 bits per heavy atom. The van der Waals surface area contributed by atoms with Gasteiger partial charge in [-0.25, -0.2) is 0 Å². The third kappa shape index (κ3) is 3.37. The molecule has 2 nitrogen and oxygen atoms in total. The average molecular weight is 172 g/mol. The Morgan fingerprint density at radius 3 is 2.25 bits per heavy atom. The van der Waals surface area contributed by atoms with Crippen LogP contribution in [0.15, 0.2) is 12.7 Å². The Balaban J connectivity index is 3.95. The van der Waals surface area contributed by atoms with Gasteiger partial charge in [0.15, 0.2) is 5.72 Å². The van der Waals surface area contributed by atoms with Crippen LogP contribution in [0.25, 0.3) is 0 Å². The maximum Gasteiger partial charge on any atom is 0.197 e. The molecule has 0 aliphatic heterocycles. The van der Waals surface area contributed by atoms with Gasteiger partial charge in [0.1, 0.15) is 0 Å². The standard InChI is InChI=1S/C10H22NO/c1-6-7-8-9-10(2,12)11(3,4)5/h6,12H,1,7-9H2,2-5H3/q+1. The molecule has 0 aliphatic rings. The van der Waals surface area contributed by atoms with E-state index in [2.05, 4.69) is 6.58 Å². The van der Waals surface area contributed by atoms with Gasteiger partial charge in [-0.1, -0.05) is 6.08 Å². The van der Waals surface area contributed by atoms with Crippen molar-refractivity contribution in [3.05, 3.63) is 12.7 Å². The summed E-state index contributed by atoms with van der Waals surface area (Å²) in [5, 5.41) is 10.0. The highest BCUT2D eigenvalue weighted by Crippen LogP contribution is 2.21. The van der Waals surface area contributed by atoms with Crippen LogP contribution in [0.1, 0.15) is 26.2 Å². The first kappa shape index (κ1) is 11.7. The van der Waals surface area contributed by atoms with Crippen molar-refractivity contribution in [1.82, 2.24) is 0 Å². The lowest BCUT2D eigenvalue weighted by Gasteiger charge is -2.39. The van der Waals surface area contributed by atoms with Crippen LogP contribution in [0.2, 0.25) is 0 Å². The minimum absolute atomic E-state index is 0.587. The SMILES string of the molecule is C=CCCCC(C)(O)[N+](C)(C)C. The summed E-state index contributed by atoms with van der Waals surface area (Å²) < 4.78 is 0.587. The zero-order valence-electron chi connectivity index (χ0n) is 8.80. The Hall–Kier alpha value is -0.340. The topological polar surface area (TPSA) is 20.2 Å². The fourth-order valence-corrected chi connectivity index (χ4v) is 0.917. The first-order chi connectivity index (χ1) is 5.31. The van der Waals surface area contributed by atoms with Gasteiger partial charge >= 0.3 is 0 Å². The number of quaternary nitrogens is 1. The highest BCUT2D eigenvalue weighted by Gasteiger charge is 2.34. The number of nitrogens with zero attached hydrogens (tertiary/aromatic N) is 1. The van der Waals surface area contributed by atoms with E-state index in [-0.39, 0.29) is 0 Å². The van der Waals surface area contributed by atoms with Gasteiger partial charge in [0.2, 0.25) is 0 Å². The molecule has 0 aromatic carbocycles. The molecule has 0 rings (SSSR count). The zero-order valence-corrected chi connectivity index (χ0v) is 8.80. The maximum atomic E-state index is 10.0. The smallest absolute Gasteiger partial charge is 0.197 e. The summed E-state index contributed by atoms with van der Waals surface area (Å²) in [5.41, 5.74) is -0.622. The second kappa shape index (κ2) is 4.06. The van der Waals surface area contributed by atoms with Crippen molar-refractivity contribution in [2.24, 2.45) is 0 Å². The molecule has 0 amide bonds. The van der Waals surface area contributed by atoms with Crippen molar-refractivity contribution in [2.75, 3.05) is 21.1 Å². The van der Waals surface area contributed by atoms with Gasteiger partial charge in [-0.05, 0) is 12.8 Å². The molecule has 0 spiro atoms. The van der Waals surface area contributed by atoms with Crippen LogP contribution in [0.4, 0.5) is 0 Å². The number of unbranched alkanes of at least 4 members (excludes halogenated alkanes) is 1. The highest BCUT2D eigenvalue weighted by molar-refractivity contribution is 4.69. The van der Waals surface area contributed by atoms with E-state index in [9.17, 15) is 5.11 Å². The van der Waals surface area contributed by atoms with Gasteiger partial charge in [0.05, 0.1) is 21.1 Å². The molecular formula is C10H22NO+. The lowest BCUT2D eigenvalue weighted by molar-refractivity contribution is -0.948. The van der Waals surface area contributed by atoms with Crippen LogP contribution < -0.4 is 0 Å². The molecule has 12 heavy (non-hydrogen) atoms. The van der Waals surface area contributed by atoms with Gasteiger partial charge in [0, 0.05) is 13.3 Å². The first-order valence-corrected chi connectivity index (χ1v) is 4.46. The second-order valence-corrected chi connectivity index (χ2v) is 4.41. The van der Waals surface area contributed by atoms with Crippen LogP contribution in [-0.2, 0) is 0 Å². The number of aliphatic hydroxyl groups is 1. The molecule has 72 valence electrons. The summed E-state index contributed by atoms with van der Waals surface area (Å²) >= 11 is 0. The zero-order chi connectivity index (χ0) is 9.83. The summed E-state index contributed by atoms with van der Waals surface area (Å²) in [6.07, 6.45) is 4.70. The Kier molecular flexibility index (Phi) is 3.94. The molecule has 0 fully saturated rings. The van der Waals surface area contributed by atoms with Crippen molar-refractivity contribution in [2.45, 2.75) is 31.9 Å². The van der Waals surface area contributed by atoms with Crippen LogP contribution >= 0.6 is 0 Å². The maximum absolute atomic E-state index is 10.0. The Morgan fingerprint density at radius 2 is 1.92 bits per heavy atom. The van der Waals surface area contributed by atoms with Gasteiger partial charge in [-0.15, -0.1) is 6.58 Å². The van der Waals surface area contributed by atoms with Gasteiger partial charge < -0.3 is 9.59 Å². The number of rotatable bonds is 5. The molecule has 1 unspecified atom stereocenters. The highest BCUT2D eigenvalue weighted by atomic mass is 16.3. The summed E-state index contributed by atoms with van der Waals surface area (Å²) in [7, 11) is 6.02. The predicted molar refractivity (Wildman–Crippen MR) is 52.7 cm³/mol. The number of hydrogen-bond acceptors (Lipinski definition) is 1. The molecule has 1 N–H and O–H groups in total. The fourth-order valence-electron chi connectivity index (χ4n) is 0.917. The molecule has 0 aliphatic carbocycles. The van der Waals surface area contributed by atoms with Crippen LogP contribution in [0.3, 0.4) is 0 Å². The monoisotopic (exact) mass is 172 g/mol. The Labute approximate surface area is 76.1 Å². The van der Waals surface area contributed by atoms with Crippen molar-refractivity contribution < 1.29 is 9.59 Å². The van der Waals surface area contributed by atoms with Crippen molar-refractivity contribution in [1.29, 1.82) is 0 Å². The van der Waals surface area contributed by atoms with Crippen molar-refractivity contribution >= 4 is 0 Å². The van der Waals surface area contributed by atoms with Gasteiger partial charge in [-0.2, -0.15) is 0 Å². The van der Waals surface area contributed by atoms with E-state index in [1.54, 1.807) is 0 Å². The van der Waals surface area contributed by atoms with E-state index in [1.165, 1.54) is 0 Å². The lowest BCUT2D eigenvalue weighted by atomic mass is 10.1. The predicted octanol–water partition coefficient (Wildman–Crippen LogP) is 1.76. The summed E-state index contributed by atoms with van der Waals surface area (Å²) in [4.78, 5) is 0. The summed E-state index contributed by atoms with van der Waals surface area (Å²) in [6.45, 7) is 5.54. The lowest BCUT2D eigenvalue weighted by Crippen LogP contribution is -2.54. The average Bonchev–Trinajstić information content (AvgIpc) is 1.85. The molecule has 0 bridgehead atoms. The van der Waals surface area contributed by atoms with E-state index in [1.807, 2.05) is 34.1 Å². The van der Waals surface area contributed by atoms with Crippen molar-refractivity contribution in [3.8, 4) is 0 Å². The molecule has 0 heterocycles. The Bertz CT molecular complexity index is 144. The molecule has 0 radical (unpaired) electrons. The van der Waals surface area contributed by atoms with E-state index in [0.29, 0.717) is 4.48 Å². The summed E-state index contributed by atoms with van der Waals surface area (Å²) in [6, 6.07) is 0. The first-order valence-electron chi connectivity index (χ1n) is 4.46. The third-order valence-corrected chi connectivity index (χ3v) is 2.50. The molecule has 2 heteroatoms. The molecule has 0 aromatic heterocycles. The largest absolute Gasteiger partial charge is 0.343 e. The quantitative estimate of drug-likeness (QED) is 0.290. The third-order valence-electron chi connectivity index (χ3n) is 2.50. The van der Waals surface area contributed by atoms with E-state index >= 15 is 0 Å². The van der Waals surface area contributed by atoms with Gasteiger partial charge in [-0.3, -0.25) is 0 Å². The fraction of sp³-hybridized carbons (Fsp3) is 0.800.